The Kier molecular flexibility index (Phi) is 5.13. The van der Waals surface area contributed by atoms with Gasteiger partial charge in [-0.3, -0.25) is 9.59 Å². The van der Waals surface area contributed by atoms with Gasteiger partial charge in [0.25, 0.3) is 0 Å². The van der Waals surface area contributed by atoms with Crippen LogP contribution in [-0.4, -0.2) is 30.4 Å². The number of hydrogen-bond donors (Lipinski definition) is 2. The summed E-state index contributed by atoms with van der Waals surface area (Å²) < 4.78 is 22.1. The molecule has 5 rings (SSSR count). The molecule has 0 unspecified atom stereocenters. The first-order chi connectivity index (χ1) is 16.4. The van der Waals surface area contributed by atoms with Gasteiger partial charge in [-0.25, -0.2) is 0 Å². The fourth-order valence-electron chi connectivity index (χ4n) is 4.29. The molecule has 0 amide bonds. The summed E-state index contributed by atoms with van der Waals surface area (Å²) in [5, 5.41) is 20.2. The maximum Gasteiger partial charge on any atom is 0.312 e. The number of hydrogen-bond acceptors (Lipinski definition) is 8. The van der Waals surface area contributed by atoms with E-state index in [-0.39, 0.29) is 40.2 Å². The molecule has 1 atom stereocenters. The molecule has 1 aliphatic heterocycles. The van der Waals surface area contributed by atoms with E-state index in [0.717, 1.165) is 0 Å². The van der Waals surface area contributed by atoms with Crippen LogP contribution in [0, 0.1) is 0 Å². The van der Waals surface area contributed by atoms with Crippen LogP contribution in [0.1, 0.15) is 23.5 Å². The summed E-state index contributed by atoms with van der Waals surface area (Å²) in [5.41, 5.74) is 1.58. The van der Waals surface area contributed by atoms with Crippen molar-refractivity contribution >= 4 is 16.9 Å². The number of methoxy groups -OCH3 is 2. The van der Waals surface area contributed by atoms with Gasteiger partial charge >= 0.3 is 5.97 Å². The van der Waals surface area contributed by atoms with Gasteiger partial charge in [-0.2, -0.15) is 0 Å². The van der Waals surface area contributed by atoms with Gasteiger partial charge in [-0.15, -0.1) is 0 Å². The van der Waals surface area contributed by atoms with Gasteiger partial charge < -0.3 is 28.8 Å². The third-order valence-electron chi connectivity index (χ3n) is 5.92. The number of carbonyl (C=O) groups excluding carboxylic acids is 1. The summed E-state index contributed by atoms with van der Waals surface area (Å²) >= 11 is 0. The molecule has 2 heterocycles. The Hall–Kier alpha value is -4.46. The maximum absolute atomic E-state index is 13.4. The van der Waals surface area contributed by atoms with Gasteiger partial charge in [-0.1, -0.05) is 12.1 Å². The van der Waals surface area contributed by atoms with Crippen LogP contribution >= 0.6 is 0 Å². The summed E-state index contributed by atoms with van der Waals surface area (Å²) in [5.74, 6) is -0.132. The lowest BCUT2D eigenvalue weighted by Gasteiger charge is -2.26. The minimum absolute atomic E-state index is 0.00732. The maximum atomic E-state index is 13.4. The van der Waals surface area contributed by atoms with Gasteiger partial charge in [0.1, 0.15) is 46.0 Å². The molecule has 1 aromatic heterocycles. The third-order valence-corrected chi connectivity index (χ3v) is 5.92. The molecule has 8 heteroatoms. The molecule has 0 bridgehead atoms. The van der Waals surface area contributed by atoms with Crippen LogP contribution in [0.2, 0.25) is 0 Å². The molecule has 2 N–H and O–H groups in total. The highest BCUT2D eigenvalue weighted by atomic mass is 16.5. The van der Waals surface area contributed by atoms with E-state index in [2.05, 4.69) is 0 Å². The van der Waals surface area contributed by atoms with E-state index in [1.54, 1.807) is 30.3 Å². The number of phenolic OH excluding ortho intramolecular Hbond substituents is 2. The number of benzene rings is 3. The third kappa shape index (κ3) is 3.49. The van der Waals surface area contributed by atoms with Gasteiger partial charge in [0.2, 0.25) is 5.43 Å². The number of fused-ring (bicyclic) bond motifs is 3. The Morgan fingerprint density at radius 3 is 2.26 bits per heavy atom. The van der Waals surface area contributed by atoms with E-state index in [1.165, 1.54) is 38.7 Å². The Balaban J connectivity index is 1.76. The molecule has 3 aromatic carbocycles. The molecule has 0 fully saturated rings. The van der Waals surface area contributed by atoms with E-state index in [4.69, 9.17) is 18.6 Å². The fourth-order valence-corrected chi connectivity index (χ4v) is 4.29. The van der Waals surface area contributed by atoms with Crippen molar-refractivity contribution in [1.29, 1.82) is 0 Å². The van der Waals surface area contributed by atoms with Gasteiger partial charge in [-0.05, 0) is 35.4 Å². The molecule has 4 aromatic rings. The standard InChI is InChI=1S/C26H20O8/c1-31-16-7-14(8-17(9-16)32-2)18-10-22(29)34-21-11-20(28)24-25(30)19(12-33-26(24)23(18)21)13-3-5-15(27)6-4-13/h3-9,11-12,18,27-28H,10H2,1-2H3/t18-/m0/s1. The highest BCUT2D eigenvalue weighted by Gasteiger charge is 2.34. The van der Waals surface area contributed by atoms with E-state index in [1.807, 2.05) is 0 Å². The SMILES string of the molecule is COc1cc(OC)cc([C@@H]2CC(=O)Oc3cc(O)c4c(=O)c(-c5ccc(O)cc5)coc4c32)c1. The summed E-state index contributed by atoms with van der Waals surface area (Å²) in [6.45, 7) is 0. The van der Waals surface area contributed by atoms with Crippen molar-refractivity contribution in [1.82, 2.24) is 0 Å². The monoisotopic (exact) mass is 460 g/mol. The normalized spacial score (nSPS) is 15.0. The van der Waals surface area contributed by atoms with Crippen molar-refractivity contribution in [3.05, 3.63) is 76.1 Å². The lowest BCUT2D eigenvalue weighted by molar-refractivity contribution is -0.135. The van der Waals surface area contributed by atoms with Gasteiger partial charge in [0.05, 0.1) is 26.2 Å². The second-order valence-corrected chi connectivity index (χ2v) is 7.91. The molecular formula is C26H20O8. The molecule has 0 aliphatic carbocycles. The largest absolute Gasteiger partial charge is 0.508 e. The Morgan fingerprint density at radius 1 is 0.941 bits per heavy atom. The average molecular weight is 460 g/mol. The topological polar surface area (TPSA) is 115 Å². The zero-order valence-corrected chi connectivity index (χ0v) is 18.3. The van der Waals surface area contributed by atoms with Crippen LogP contribution in [0.25, 0.3) is 22.1 Å². The van der Waals surface area contributed by atoms with Crippen LogP contribution in [0.3, 0.4) is 0 Å². The zero-order chi connectivity index (χ0) is 24.0. The Bertz CT molecular complexity index is 1460. The van der Waals surface area contributed by atoms with Gasteiger partial charge in [0, 0.05) is 23.6 Å². The molecule has 0 saturated heterocycles. The van der Waals surface area contributed by atoms with E-state index in [0.29, 0.717) is 28.2 Å². The first-order valence-corrected chi connectivity index (χ1v) is 10.4. The van der Waals surface area contributed by atoms with Crippen LogP contribution < -0.4 is 19.6 Å². The fraction of sp³-hybridized carbons (Fsp3) is 0.154. The predicted octanol–water partition coefficient (Wildman–Crippen LogP) is 4.33. The van der Waals surface area contributed by atoms with Crippen LogP contribution in [0.4, 0.5) is 0 Å². The lowest BCUT2D eigenvalue weighted by atomic mass is 9.84. The number of rotatable bonds is 4. The van der Waals surface area contributed by atoms with Crippen molar-refractivity contribution in [3.63, 3.8) is 0 Å². The number of carbonyl (C=O) groups is 1. The summed E-state index contributed by atoms with van der Waals surface area (Å²) in [7, 11) is 3.05. The first kappa shape index (κ1) is 21.4. The van der Waals surface area contributed by atoms with Crippen molar-refractivity contribution in [2.24, 2.45) is 0 Å². The molecule has 0 saturated carbocycles. The minimum Gasteiger partial charge on any atom is -0.508 e. The Labute approximate surface area is 193 Å². The number of ether oxygens (including phenoxy) is 3. The predicted molar refractivity (Wildman–Crippen MR) is 123 cm³/mol. The molecule has 172 valence electrons. The lowest BCUT2D eigenvalue weighted by Crippen LogP contribution is -2.22. The smallest absolute Gasteiger partial charge is 0.312 e. The molecule has 0 spiro atoms. The summed E-state index contributed by atoms with van der Waals surface area (Å²) in [4.78, 5) is 25.8. The molecule has 0 radical (unpaired) electrons. The Morgan fingerprint density at radius 2 is 1.62 bits per heavy atom. The van der Waals surface area contributed by atoms with E-state index >= 15 is 0 Å². The summed E-state index contributed by atoms with van der Waals surface area (Å²) in [6.07, 6.45) is 1.29. The second kappa shape index (κ2) is 8.15. The number of phenols is 2. The molecule has 8 nitrogen and oxygen atoms in total. The molecular weight excluding hydrogens is 440 g/mol. The van der Waals surface area contributed by atoms with Crippen LogP contribution in [0.5, 0.6) is 28.7 Å². The minimum atomic E-state index is -0.536. The average Bonchev–Trinajstić information content (AvgIpc) is 2.83. The van der Waals surface area contributed by atoms with Crippen molar-refractivity contribution < 1.29 is 33.6 Å². The van der Waals surface area contributed by atoms with Crippen molar-refractivity contribution in [3.8, 4) is 39.9 Å². The molecule has 1 aliphatic rings. The van der Waals surface area contributed by atoms with Gasteiger partial charge in [0.15, 0.2) is 0 Å². The van der Waals surface area contributed by atoms with Crippen molar-refractivity contribution in [2.75, 3.05) is 14.2 Å². The molecule has 34 heavy (non-hydrogen) atoms. The summed E-state index contributed by atoms with van der Waals surface area (Å²) in [6, 6.07) is 12.6. The quantitative estimate of drug-likeness (QED) is 0.342. The van der Waals surface area contributed by atoms with Crippen LogP contribution in [0.15, 0.2) is 64.0 Å². The highest BCUT2D eigenvalue weighted by molar-refractivity contribution is 5.94. The number of esters is 1. The second-order valence-electron chi connectivity index (χ2n) is 7.91. The van der Waals surface area contributed by atoms with Crippen LogP contribution in [-0.2, 0) is 4.79 Å². The zero-order valence-electron chi connectivity index (χ0n) is 18.3. The van der Waals surface area contributed by atoms with Crippen molar-refractivity contribution in [2.45, 2.75) is 12.3 Å². The number of aromatic hydroxyl groups is 2. The first-order valence-electron chi connectivity index (χ1n) is 10.4. The highest BCUT2D eigenvalue weighted by Crippen LogP contribution is 2.46. The van der Waals surface area contributed by atoms with E-state index < -0.39 is 17.3 Å². The van der Waals surface area contributed by atoms with E-state index in [9.17, 15) is 19.8 Å².